The lowest BCUT2D eigenvalue weighted by Crippen LogP contribution is -2.34. The predicted molar refractivity (Wildman–Crippen MR) is 65.6 cm³/mol. The highest BCUT2D eigenvalue weighted by atomic mass is 19.4. The molecule has 1 aliphatic rings. The number of piperidine rings is 1. The minimum absolute atomic E-state index is 0.180. The Morgan fingerprint density at radius 1 is 1.21 bits per heavy atom. The number of hydrogen-bond acceptors (Lipinski definition) is 3. The highest BCUT2D eigenvalue weighted by Gasteiger charge is 2.33. The summed E-state index contributed by atoms with van der Waals surface area (Å²) in [6, 6.07) is 5.68. The average molecular weight is 274 g/mol. The minimum atomic E-state index is -4.69. The summed E-state index contributed by atoms with van der Waals surface area (Å²) in [6.07, 6.45) is -2.97. The number of nitrogens with two attached hydrogens (primary N) is 1. The molecular formula is C13H17F3N2O. The molecule has 1 heterocycles. The van der Waals surface area contributed by atoms with E-state index in [2.05, 4.69) is 10.1 Å². The maximum Gasteiger partial charge on any atom is 0.573 e. The molecule has 0 radical (unpaired) electrons. The molecule has 1 fully saturated rings. The Hall–Kier alpha value is -1.27. The standard InChI is InChI=1S/C13H17F3N2O/c14-13(15,16)19-11-4-2-1-3-10(11)12(17)9-5-7-18-8-6-9/h1-4,9,12,18H,5-8,17H2/t12-/m1/s1. The van der Waals surface area contributed by atoms with Crippen molar-refractivity contribution in [2.75, 3.05) is 13.1 Å². The first-order chi connectivity index (χ1) is 8.97. The molecule has 1 aliphatic heterocycles. The van der Waals surface area contributed by atoms with Crippen LogP contribution in [0, 0.1) is 5.92 Å². The zero-order valence-corrected chi connectivity index (χ0v) is 10.4. The second-order valence-corrected chi connectivity index (χ2v) is 4.70. The average Bonchev–Trinajstić information content (AvgIpc) is 2.38. The summed E-state index contributed by atoms with van der Waals surface area (Å²) in [5.74, 6) is -0.0136. The van der Waals surface area contributed by atoms with E-state index in [1.165, 1.54) is 12.1 Å². The molecular weight excluding hydrogens is 257 g/mol. The third kappa shape index (κ3) is 3.84. The van der Waals surface area contributed by atoms with Crippen LogP contribution < -0.4 is 15.8 Å². The molecule has 0 amide bonds. The molecule has 0 aliphatic carbocycles. The summed E-state index contributed by atoms with van der Waals surface area (Å²) in [4.78, 5) is 0. The van der Waals surface area contributed by atoms with Gasteiger partial charge in [-0.25, -0.2) is 0 Å². The van der Waals surface area contributed by atoms with Gasteiger partial charge in [-0.05, 0) is 37.9 Å². The van der Waals surface area contributed by atoms with Gasteiger partial charge in [0.25, 0.3) is 0 Å². The second-order valence-electron chi connectivity index (χ2n) is 4.70. The van der Waals surface area contributed by atoms with Gasteiger partial charge in [0, 0.05) is 11.6 Å². The molecule has 0 aromatic heterocycles. The van der Waals surface area contributed by atoms with E-state index in [1.807, 2.05) is 0 Å². The molecule has 1 aromatic carbocycles. The van der Waals surface area contributed by atoms with Crippen molar-refractivity contribution in [3.05, 3.63) is 29.8 Å². The summed E-state index contributed by atoms with van der Waals surface area (Å²) >= 11 is 0. The second kappa shape index (κ2) is 5.79. The van der Waals surface area contributed by atoms with Crippen LogP contribution in [0.15, 0.2) is 24.3 Å². The monoisotopic (exact) mass is 274 g/mol. The van der Waals surface area contributed by atoms with Gasteiger partial charge < -0.3 is 15.8 Å². The maximum absolute atomic E-state index is 12.4. The van der Waals surface area contributed by atoms with Crippen LogP contribution in [0.4, 0.5) is 13.2 Å². The number of para-hydroxylation sites is 1. The van der Waals surface area contributed by atoms with E-state index in [0.717, 1.165) is 25.9 Å². The Morgan fingerprint density at radius 2 is 1.84 bits per heavy atom. The zero-order chi connectivity index (χ0) is 13.9. The van der Waals surface area contributed by atoms with Gasteiger partial charge in [0.2, 0.25) is 0 Å². The van der Waals surface area contributed by atoms with Gasteiger partial charge in [-0.2, -0.15) is 0 Å². The molecule has 3 nitrogen and oxygen atoms in total. The van der Waals surface area contributed by atoms with Gasteiger partial charge in [-0.1, -0.05) is 18.2 Å². The van der Waals surface area contributed by atoms with Gasteiger partial charge in [0.05, 0.1) is 0 Å². The van der Waals surface area contributed by atoms with Crippen LogP contribution in [0.2, 0.25) is 0 Å². The smallest absolute Gasteiger partial charge is 0.405 e. The lowest BCUT2D eigenvalue weighted by Gasteiger charge is -2.29. The van der Waals surface area contributed by atoms with E-state index in [-0.39, 0.29) is 11.7 Å². The highest BCUT2D eigenvalue weighted by molar-refractivity contribution is 5.36. The van der Waals surface area contributed by atoms with Crippen LogP contribution in [-0.2, 0) is 0 Å². The normalized spacial score (nSPS) is 19.2. The number of halogens is 3. The van der Waals surface area contributed by atoms with E-state index in [1.54, 1.807) is 12.1 Å². The fourth-order valence-corrected chi connectivity index (χ4v) is 2.43. The predicted octanol–water partition coefficient (Wildman–Crippen LogP) is 2.58. The van der Waals surface area contributed by atoms with Crippen LogP contribution >= 0.6 is 0 Å². The number of ether oxygens (including phenoxy) is 1. The Morgan fingerprint density at radius 3 is 2.47 bits per heavy atom. The third-order valence-corrected chi connectivity index (χ3v) is 3.40. The fourth-order valence-electron chi connectivity index (χ4n) is 2.43. The van der Waals surface area contributed by atoms with Gasteiger partial charge >= 0.3 is 6.36 Å². The number of hydrogen-bond donors (Lipinski definition) is 2. The van der Waals surface area contributed by atoms with Crippen LogP contribution in [0.3, 0.4) is 0 Å². The summed E-state index contributed by atoms with van der Waals surface area (Å²) in [6.45, 7) is 1.70. The van der Waals surface area contributed by atoms with Crippen molar-refractivity contribution in [1.82, 2.24) is 5.32 Å². The molecule has 106 valence electrons. The van der Waals surface area contributed by atoms with Crippen molar-refractivity contribution in [3.63, 3.8) is 0 Å². The highest BCUT2D eigenvalue weighted by Crippen LogP contribution is 2.34. The summed E-state index contributed by atoms with van der Waals surface area (Å²) in [7, 11) is 0. The van der Waals surface area contributed by atoms with Gasteiger partial charge in [-0.15, -0.1) is 13.2 Å². The Labute approximate surface area is 109 Å². The van der Waals surface area contributed by atoms with E-state index >= 15 is 0 Å². The molecule has 6 heteroatoms. The topological polar surface area (TPSA) is 47.3 Å². The van der Waals surface area contributed by atoms with Crippen molar-refractivity contribution in [3.8, 4) is 5.75 Å². The molecule has 1 aromatic rings. The van der Waals surface area contributed by atoms with Crippen LogP contribution in [0.25, 0.3) is 0 Å². The molecule has 0 unspecified atom stereocenters. The first kappa shape index (κ1) is 14.1. The van der Waals surface area contributed by atoms with Crippen molar-refractivity contribution in [2.45, 2.75) is 25.2 Å². The van der Waals surface area contributed by atoms with Crippen LogP contribution in [-0.4, -0.2) is 19.5 Å². The molecule has 1 atom stereocenters. The van der Waals surface area contributed by atoms with Crippen molar-refractivity contribution in [1.29, 1.82) is 0 Å². The summed E-state index contributed by atoms with van der Waals surface area (Å²) in [5, 5.41) is 3.21. The van der Waals surface area contributed by atoms with Crippen LogP contribution in [0.5, 0.6) is 5.75 Å². The number of nitrogens with one attached hydrogen (secondary N) is 1. The summed E-state index contributed by atoms with van der Waals surface area (Å²) < 4.78 is 41.1. The van der Waals surface area contributed by atoms with Crippen molar-refractivity contribution in [2.24, 2.45) is 11.7 Å². The van der Waals surface area contributed by atoms with Gasteiger partial charge in [0.1, 0.15) is 5.75 Å². The first-order valence-electron chi connectivity index (χ1n) is 6.28. The van der Waals surface area contributed by atoms with Crippen LogP contribution in [0.1, 0.15) is 24.4 Å². The van der Waals surface area contributed by atoms with E-state index in [0.29, 0.717) is 5.56 Å². The molecule has 0 spiro atoms. The van der Waals surface area contributed by atoms with E-state index in [9.17, 15) is 13.2 Å². The molecule has 2 rings (SSSR count). The molecule has 19 heavy (non-hydrogen) atoms. The van der Waals surface area contributed by atoms with Gasteiger partial charge in [-0.3, -0.25) is 0 Å². The molecule has 3 N–H and O–H groups in total. The van der Waals surface area contributed by atoms with E-state index < -0.39 is 12.4 Å². The third-order valence-electron chi connectivity index (χ3n) is 3.40. The van der Waals surface area contributed by atoms with Crippen molar-refractivity contribution >= 4 is 0 Å². The van der Waals surface area contributed by atoms with Crippen molar-refractivity contribution < 1.29 is 17.9 Å². The maximum atomic E-state index is 12.4. The lowest BCUT2D eigenvalue weighted by atomic mass is 9.86. The molecule has 0 bridgehead atoms. The van der Waals surface area contributed by atoms with E-state index in [4.69, 9.17) is 5.73 Å². The Kier molecular flexibility index (Phi) is 4.31. The molecule has 1 saturated heterocycles. The fraction of sp³-hybridized carbons (Fsp3) is 0.538. The first-order valence-corrected chi connectivity index (χ1v) is 6.28. The largest absolute Gasteiger partial charge is 0.573 e. The number of alkyl halides is 3. The minimum Gasteiger partial charge on any atom is -0.405 e. The quantitative estimate of drug-likeness (QED) is 0.890. The molecule has 0 saturated carbocycles. The number of rotatable bonds is 3. The zero-order valence-electron chi connectivity index (χ0n) is 10.4. The van der Waals surface area contributed by atoms with Gasteiger partial charge in [0.15, 0.2) is 0 Å². The SMILES string of the molecule is N[C@@H](c1ccccc1OC(F)(F)F)C1CCNCC1. The number of benzene rings is 1. The Bertz CT molecular complexity index is 417. The summed E-state index contributed by atoms with van der Waals surface area (Å²) in [5.41, 5.74) is 6.54. The lowest BCUT2D eigenvalue weighted by molar-refractivity contribution is -0.275. The Balaban J connectivity index is 2.18.